The van der Waals surface area contributed by atoms with Crippen molar-refractivity contribution in [2.75, 3.05) is 6.54 Å². The first-order valence-corrected chi connectivity index (χ1v) is 6.96. The van der Waals surface area contributed by atoms with E-state index in [1.165, 1.54) is 0 Å². The summed E-state index contributed by atoms with van der Waals surface area (Å²) < 4.78 is 0. The van der Waals surface area contributed by atoms with E-state index in [0.717, 1.165) is 10.5 Å². The van der Waals surface area contributed by atoms with Crippen LogP contribution in [0.1, 0.15) is 19.8 Å². The van der Waals surface area contributed by atoms with Gasteiger partial charge in [0.2, 0.25) is 17.7 Å². The van der Waals surface area contributed by atoms with Crippen LogP contribution < -0.4 is 5.32 Å². The van der Waals surface area contributed by atoms with Crippen LogP contribution in [0.2, 0.25) is 0 Å². The molecule has 3 atom stereocenters. The van der Waals surface area contributed by atoms with Crippen LogP contribution in [0, 0.1) is 11.8 Å². The maximum Gasteiger partial charge on any atom is 0.238 e. The molecular weight excluding hydrogens is 272 g/mol. The lowest BCUT2D eigenvalue weighted by atomic mass is 9.88. The molecule has 0 aromatic carbocycles. The number of nitrogens with one attached hydrogen (secondary N) is 1. The first kappa shape index (κ1) is 13.7. The highest BCUT2D eigenvalue weighted by atomic mass is 16.2. The summed E-state index contributed by atoms with van der Waals surface area (Å²) >= 11 is 0. The number of hydrogen-bond donors (Lipinski definition) is 1. The number of hydrogen-bond acceptors (Lipinski definition) is 4. The van der Waals surface area contributed by atoms with Crippen molar-refractivity contribution in [3.8, 4) is 0 Å². The van der Waals surface area contributed by atoms with Gasteiger partial charge in [-0.25, -0.2) is 0 Å². The second-order valence-electron chi connectivity index (χ2n) is 5.83. The molecule has 0 saturated carbocycles. The molecule has 3 aliphatic rings. The molecule has 1 N–H and O–H groups in total. The summed E-state index contributed by atoms with van der Waals surface area (Å²) in [5.74, 6) is -1.93. The molecule has 21 heavy (non-hydrogen) atoms. The van der Waals surface area contributed by atoms with E-state index in [0.29, 0.717) is 6.29 Å². The van der Waals surface area contributed by atoms with E-state index in [9.17, 15) is 19.2 Å². The molecule has 3 unspecified atom stereocenters. The molecule has 110 valence electrons. The molecule has 6 heteroatoms. The zero-order chi connectivity index (χ0) is 15.2. The van der Waals surface area contributed by atoms with Gasteiger partial charge in [-0.1, -0.05) is 23.8 Å². The summed E-state index contributed by atoms with van der Waals surface area (Å²) in [6, 6.07) is 0. The molecule has 0 aromatic heterocycles. The smallest absolute Gasteiger partial charge is 0.238 e. The summed E-state index contributed by atoms with van der Waals surface area (Å²) in [7, 11) is 0. The number of carbonyl (C=O) groups excluding carboxylic acids is 4. The number of aldehydes is 1. The highest BCUT2D eigenvalue weighted by Crippen LogP contribution is 2.38. The maximum absolute atomic E-state index is 12.6. The topological polar surface area (TPSA) is 83.6 Å². The van der Waals surface area contributed by atoms with Gasteiger partial charge in [0.25, 0.3) is 0 Å². The Kier molecular flexibility index (Phi) is 3.04. The number of likely N-dealkylation sites (tertiary alicyclic amines) is 1. The maximum atomic E-state index is 12.6. The summed E-state index contributed by atoms with van der Waals surface area (Å²) in [4.78, 5) is 49.1. The van der Waals surface area contributed by atoms with Crippen molar-refractivity contribution in [1.29, 1.82) is 0 Å². The van der Waals surface area contributed by atoms with Gasteiger partial charge in [-0.15, -0.1) is 0 Å². The predicted molar refractivity (Wildman–Crippen MR) is 72.8 cm³/mol. The molecule has 6 nitrogen and oxygen atoms in total. The zero-order valence-corrected chi connectivity index (χ0v) is 11.7. The Balaban J connectivity index is 1.97. The van der Waals surface area contributed by atoms with Crippen molar-refractivity contribution in [1.82, 2.24) is 10.2 Å². The third-order valence-electron chi connectivity index (χ3n) is 4.45. The average Bonchev–Trinajstić information content (AvgIpc) is 2.73. The third-order valence-corrected chi connectivity index (χ3v) is 4.45. The molecule has 0 bridgehead atoms. The van der Waals surface area contributed by atoms with Crippen LogP contribution >= 0.6 is 0 Å². The largest absolute Gasteiger partial charge is 0.353 e. The van der Waals surface area contributed by atoms with E-state index in [1.807, 2.05) is 13.0 Å². The summed E-state index contributed by atoms with van der Waals surface area (Å²) in [6.07, 6.45) is 6.25. The van der Waals surface area contributed by atoms with E-state index in [-0.39, 0.29) is 37.1 Å². The second kappa shape index (κ2) is 4.65. The average molecular weight is 288 g/mol. The van der Waals surface area contributed by atoms with E-state index >= 15 is 0 Å². The molecule has 2 heterocycles. The third kappa shape index (κ3) is 1.93. The SMILES string of the molecule is CC1=CC2C(=O)N(C3(C=O)CCC(=O)NC3)C(=O)C2C=C1. The van der Waals surface area contributed by atoms with Gasteiger partial charge in [-0.05, 0) is 13.3 Å². The number of imide groups is 1. The zero-order valence-electron chi connectivity index (χ0n) is 11.7. The minimum Gasteiger partial charge on any atom is -0.353 e. The van der Waals surface area contributed by atoms with E-state index < -0.39 is 17.4 Å². The minimum absolute atomic E-state index is 0.00133. The normalized spacial score (nSPS) is 35.4. The summed E-state index contributed by atoms with van der Waals surface area (Å²) in [5, 5.41) is 2.58. The molecule has 1 aliphatic carbocycles. The number of allylic oxidation sites excluding steroid dienone is 2. The van der Waals surface area contributed by atoms with Crippen LogP contribution in [0.5, 0.6) is 0 Å². The van der Waals surface area contributed by atoms with Crippen LogP contribution in [-0.2, 0) is 19.2 Å². The molecule has 0 spiro atoms. The van der Waals surface area contributed by atoms with Crippen molar-refractivity contribution in [3.05, 3.63) is 23.8 Å². The highest BCUT2D eigenvalue weighted by Gasteiger charge is 2.55. The minimum atomic E-state index is -1.24. The molecule has 0 aromatic rings. The van der Waals surface area contributed by atoms with Gasteiger partial charge in [0, 0.05) is 13.0 Å². The molecule has 2 aliphatic heterocycles. The van der Waals surface area contributed by atoms with Crippen LogP contribution in [-0.4, -0.2) is 41.0 Å². The Bertz CT molecular complexity index is 595. The Labute approximate surface area is 121 Å². The van der Waals surface area contributed by atoms with Crippen molar-refractivity contribution in [2.24, 2.45) is 11.8 Å². The fourth-order valence-corrected chi connectivity index (χ4v) is 3.23. The van der Waals surface area contributed by atoms with Gasteiger partial charge in [0.15, 0.2) is 0 Å². The van der Waals surface area contributed by atoms with Gasteiger partial charge in [-0.2, -0.15) is 0 Å². The Morgan fingerprint density at radius 2 is 2.00 bits per heavy atom. The molecule has 2 fully saturated rings. The van der Waals surface area contributed by atoms with Crippen LogP contribution in [0.25, 0.3) is 0 Å². The van der Waals surface area contributed by atoms with Gasteiger partial charge >= 0.3 is 0 Å². The van der Waals surface area contributed by atoms with Crippen molar-refractivity contribution >= 4 is 24.0 Å². The number of piperidine rings is 1. The monoisotopic (exact) mass is 288 g/mol. The lowest BCUT2D eigenvalue weighted by molar-refractivity contribution is -0.152. The lowest BCUT2D eigenvalue weighted by Gasteiger charge is -2.38. The number of carbonyl (C=O) groups is 4. The first-order valence-electron chi connectivity index (χ1n) is 6.96. The van der Waals surface area contributed by atoms with Crippen LogP contribution in [0.3, 0.4) is 0 Å². The molecule has 3 rings (SSSR count). The van der Waals surface area contributed by atoms with Crippen LogP contribution in [0.15, 0.2) is 23.8 Å². The number of nitrogens with zero attached hydrogens (tertiary/aromatic N) is 1. The van der Waals surface area contributed by atoms with E-state index in [1.54, 1.807) is 12.2 Å². The molecular formula is C15H16N2O4. The van der Waals surface area contributed by atoms with E-state index in [4.69, 9.17) is 0 Å². The van der Waals surface area contributed by atoms with Gasteiger partial charge < -0.3 is 10.1 Å². The predicted octanol–water partition coefficient (Wildman–Crippen LogP) is -0.0486. The highest BCUT2D eigenvalue weighted by molar-refractivity contribution is 6.10. The van der Waals surface area contributed by atoms with Crippen LogP contribution in [0.4, 0.5) is 0 Å². The Morgan fingerprint density at radius 3 is 2.62 bits per heavy atom. The van der Waals surface area contributed by atoms with Gasteiger partial charge in [-0.3, -0.25) is 19.3 Å². The van der Waals surface area contributed by atoms with Crippen molar-refractivity contribution in [2.45, 2.75) is 25.3 Å². The number of fused-ring (bicyclic) bond motifs is 1. The fourth-order valence-electron chi connectivity index (χ4n) is 3.23. The molecule has 2 saturated heterocycles. The van der Waals surface area contributed by atoms with Gasteiger partial charge in [0.05, 0.1) is 11.8 Å². The lowest BCUT2D eigenvalue weighted by Crippen LogP contribution is -2.62. The summed E-state index contributed by atoms with van der Waals surface area (Å²) in [5.41, 5.74) is -0.314. The first-order chi connectivity index (χ1) is 9.98. The fraction of sp³-hybridized carbons (Fsp3) is 0.467. The number of rotatable bonds is 2. The quantitative estimate of drug-likeness (QED) is 0.570. The Hall–Kier alpha value is -2.24. The standard InChI is InChI=1S/C15H16N2O4/c1-9-2-3-10-11(6-9)14(21)17(13(10)20)15(8-18)5-4-12(19)16-7-15/h2-3,6,8,10-11H,4-5,7H2,1H3,(H,16,19). The molecule has 0 radical (unpaired) electrons. The summed E-state index contributed by atoms with van der Waals surface area (Å²) in [6.45, 7) is 1.86. The van der Waals surface area contributed by atoms with Gasteiger partial charge in [0.1, 0.15) is 11.8 Å². The second-order valence-corrected chi connectivity index (χ2v) is 5.83. The Morgan fingerprint density at radius 1 is 1.29 bits per heavy atom. The van der Waals surface area contributed by atoms with Crippen molar-refractivity contribution in [3.63, 3.8) is 0 Å². The van der Waals surface area contributed by atoms with E-state index in [2.05, 4.69) is 5.32 Å². The number of amides is 3. The molecule has 3 amide bonds. The van der Waals surface area contributed by atoms with Crippen molar-refractivity contribution < 1.29 is 19.2 Å².